The van der Waals surface area contributed by atoms with Crippen molar-refractivity contribution in [3.8, 4) is 0 Å². The van der Waals surface area contributed by atoms with Gasteiger partial charge in [-0.3, -0.25) is 9.59 Å². The van der Waals surface area contributed by atoms with Gasteiger partial charge in [-0.05, 0) is 57.8 Å². The zero-order chi connectivity index (χ0) is 62.8. The molecule has 0 heterocycles. The minimum atomic E-state index is -0.842. The molecular formula is C81H157NO5. The van der Waals surface area contributed by atoms with Gasteiger partial charge in [0.25, 0.3) is 0 Å². The summed E-state index contributed by atoms with van der Waals surface area (Å²) < 4.78 is 5.49. The smallest absolute Gasteiger partial charge is 0.305 e. The Morgan fingerprint density at radius 3 is 0.816 bits per heavy atom. The fourth-order valence-corrected chi connectivity index (χ4v) is 12.9. The average Bonchev–Trinajstić information content (AvgIpc) is 3.52. The molecule has 1 amide bonds. The van der Waals surface area contributed by atoms with E-state index >= 15 is 0 Å². The normalized spacial score (nSPS) is 12.6. The van der Waals surface area contributed by atoms with Crippen LogP contribution in [0.3, 0.4) is 0 Å². The summed E-state index contributed by atoms with van der Waals surface area (Å²) in [6, 6.07) is -0.625. The molecule has 87 heavy (non-hydrogen) atoms. The van der Waals surface area contributed by atoms with Gasteiger partial charge in [-0.25, -0.2) is 0 Å². The molecule has 6 nitrogen and oxygen atoms in total. The number of allylic oxidation sites excluding steroid dienone is 3. The van der Waals surface area contributed by atoms with E-state index in [1.54, 1.807) is 6.08 Å². The summed E-state index contributed by atoms with van der Waals surface area (Å²) in [5, 5.41) is 23.3. The van der Waals surface area contributed by atoms with Crippen LogP contribution in [-0.2, 0) is 14.3 Å². The van der Waals surface area contributed by atoms with Crippen LogP contribution in [-0.4, -0.2) is 47.4 Å². The molecule has 2 unspecified atom stereocenters. The molecule has 0 aliphatic carbocycles. The number of carbonyl (C=O) groups is 2. The van der Waals surface area contributed by atoms with Gasteiger partial charge in [-0.1, -0.05) is 411 Å². The van der Waals surface area contributed by atoms with Gasteiger partial charge in [0.15, 0.2) is 0 Å². The van der Waals surface area contributed by atoms with Gasteiger partial charge in [0.2, 0.25) is 5.91 Å². The SMILES string of the molecule is CCCCCCC/C=C\CCCCCCCC(=O)OCCCCCCCCCCCCCCCCCCCCCCCCCCCCCCCCCCCC(=O)NC(CO)C(O)/C=C/CCCCCCCCCCCCCCCCCCCCCCC. The molecule has 0 spiro atoms. The standard InChI is InChI=1S/C81H157NO5/c1-3-5-7-9-11-13-15-17-19-20-21-22-34-37-40-43-46-49-53-57-61-65-69-73-79(84)78(77-83)82-80(85)74-70-66-62-58-54-50-47-44-41-38-35-32-30-28-26-24-23-25-27-29-31-33-36-39-42-45-48-52-56-60-64-68-72-76-87-81(86)75-71-67-63-59-55-51-18-16-14-12-10-8-6-4-2/h16,18,69,73,78-79,83-84H,3-15,17,19-68,70-72,74-77H2,1-2H3,(H,82,85)/b18-16-,73-69+. The molecular weight excluding hydrogens is 1070 g/mol. The highest BCUT2D eigenvalue weighted by Gasteiger charge is 2.18. The van der Waals surface area contributed by atoms with Crippen molar-refractivity contribution in [2.75, 3.05) is 13.2 Å². The van der Waals surface area contributed by atoms with Crippen molar-refractivity contribution in [3.05, 3.63) is 24.3 Å². The van der Waals surface area contributed by atoms with Gasteiger partial charge >= 0.3 is 5.97 Å². The third-order valence-corrected chi connectivity index (χ3v) is 19.0. The Morgan fingerprint density at radius 2 is 0.540 bits per heavy atom. The highest BCUT2D eigenvalue weighted by molar-refractivity contribution is 5.76. The topological polar surface area (TPSA) is 95.9 Å². The number of rotatable bonds is 76. The van der Waals surface area contributed by atoms with Crippen molar-refractivity contribution in [2.45, 2.75) is 469 Å². The molecule has 3 N–H and O–H groups in total. The lowest BCUT2D eigenvalue weighted by atomic mass is 10.0. The Bertz CT molecular complexity index is 1360. The highest BCUT2D eigenvalue weighted by Crippen LogP contribution is 2.20. The molecule has 0 bridgehead atoms. The van der Waals surface area contributed by atoms with E-state index < -0.39 is 12.1 Å². The molecule has 0 aliphatic heterocycles. The van der Waals surface area contributed by atoms with Crippen LogP contribution < -0.4 is 5.32 Å². The van der Waals surface area contributed by atoms with Crippen molar-refractivity contribution in [1.29, 1.82) is 0 Å². The first kappa shape index (κ1) is 85.3. The van der Waals surface area contributed by atoms with Gasteiger partial charge < -0.3 is 20.3 Å². The Kier molecular flexibility index (Phi) is 75.3. The van der Waals surface area contributed by atoms with Crippen LogP contribution in [0.5, 0.6) is 0 Å². The van der Waals surface area contributed by atoms with Crippen molar-refractivity contribution < 1.29 is 24.5 Å². The number of hydrogen-bond donors (Lipinski definition) is 3. The first-order chi connectivity index (χ1) is 43.0. The van der Waals surface area contributed by atoms with Gasteiger partial charge in [-0.2, -0.15) is 0 Å². The summed E-state index contributed by atoms with van der Waals surface area (Å²) in [6.45, 7) is 4.95. The van der Waals surface area contributed by atoms with Gasteiger partial charge in [0.1, 0.15) is 0 Å². The molecule has 0 aromatic rings. The second kappa shape index (κ2) is 76.8. The Balaban J connectivity index is 3.35. The Labute approximate surface area is 545 Å². The molecule has 2 atom stereocenters. The predicted octanol–water partition coefficient (Wildman–Crippen LogP) is 26.4. The monoisotopic (exact) mass is 1220 g/mol. The molecule has 0 saturated heterocycles. The van der Waals surface area contributed by atoms with Crippen molar-refractivity contribution in [2.24, 2.45) is 0 Å². The number of carbonyl (C=O) groups excluding carboxylic acids is 2. The summed E-state index contributed by atoms with van der Waals surface area (Å²) in [5.74, 6) is -0.0441. The van der Waals surface area contributed by atoms with Gasteiger partial charge in [0, 0.05) is 12.8 Å². The molecule has 6 heteroatoms. The molecule has 0 aromatic heterocycles. The lowest BCUT2D eigenvalue weighted by Gasteiger charge is -2.20. The fourth-order valence-electron chi connectivity index (χ4n) is 12.9. The number of ether oxygens (including phenoxy) is 1. The highest BCUT2D eigenvalue weighted by atomic mass is 16.5. The lowest BCUT2D eigenvalue weighted by Crippen LogP contribution is -2.45. The van der Waals surface area contributed by atoms with Crippen molar-refractivity contribution in [1.82, 2.24) is 5.32 Å². The predicted molar refractivity (Wildman–Crippen MR) is 384 cm³/mol. The third-order valence-electron chi connectivity index (χ3n) is 19.0. The fraction of sp³-hybridized carbons (Fsp3) is 0.926. The summed E-state index contributed by atoms with van der Waals surface area (Å²) in [5.41, 5.74) is 0. The first-order valence-corrected chi connectivity index (χ1v) is 40.1. The lowest BCUT2D eigenvalue weighted by molar-refractivity contribution is -0.143. The van der Waals surface area contributed by atoms with E-state index in [-0.39, 0.29) is 18.5 Å². The van der Waals surface area contributed by atoms with E-state index in [2.05, 4.69) is 31.3 Å². The van der Waals surface area contributed by atoms with Crippen LogP contribution in [0.25, 0.3) is 0 Å². The van der Waals surface area contributed by atoms with Crippen molar-refractivity contribution >= 4 is 11.9 Å². The summed E-state index contributed by atoms with van der Waals surface area (Å²) in [6.07, 6.45) is 98.8. The number of aliphatic hydroxyl groups is 2. The number of aliphatic hydroxyl groups excluding tert-OH is 2. The molecule has 516 valence electrons. The van der Waals surface area contributed by atoms with Gasteiger partial charge in [0.05, 0.1) is 25.4 Å². The minimum absolute atomic E-state index is 0.0138. The Hall–Kier alpha value is -1.66. The number of hydrogen-bond acceptors (Lipinski definition) is 5. The van der Waals surface area contributed by atoms with E-state index in [1.807, 2.05) is 6.08 Å². The molecule has 0 radical (unpaired) electrons. The summed E-state index contributed by atoms with van der Waals surface area (Å²) in [4.78, 5) is 24.6. The molecule has 0 saturated carbocycles. The van der Waals surface area contributed by atoms with E-state index in [4.69, 9.17) is 4.74 Å². The van der Waals surface area contributed by atoms with Crippen molar-refractivity contribution in [3.63, 3.8) is 0 Å². The van der Waals surface area contributed by atoms with Crippen LogP contribution in [0.2, 0.25) is 0 Å². The summed E-state index contributed by atoms with van der Waals surface area (Å²) >= 11 is 0. The molecule has 0 fully saturated rings. The quantitative estimate of drug-likeness (QED) is 0.0320. The van der Waals surface area contributed by atoms with Crippen LogP contribution in [0.4, 0.5) is 0 Å². The van der Waals surface area contributed by atoms with Crippen LogP contribution >= 0.6 is 0 Å². The maximum Gasteiger partial charge on any atom is 0.305 e. The third kappa shape index (κ3) is 73.3. The first-order valence-electron chi connectivity index (χ1n) is 40.1. The minimum Gasteiger partial charge on any atom is -0.466 e. The maximum atomic E-state index is 12.6. The maximum absolute atomic E-state index is 12.6. The van der Waals surface area contributed by atoms with Crippen LogP contribution in [0.15, 0.2) is 24.3 Å². The second-order valence-corrected chi connectivity index (χ2v) is 27.8. The van der Waals surface area contributed by atoms with E-state index in [1.165, 1.54) is 385 Å². The largest absolute Gasteiger partial charge is 0.466 e. The number of unbranched alkanes of at least 4 members (excludes halogenated alkanes) is 63. The molecule has 0 rings (SSSR count). The van der Waals surface area contributed by atoms with Crippen LogP contribution in [0.1, 0.15) is 457 Å². The van der Waals surface area contributed by atoms with E-state index in [9.17, 15) is 19.8 Å². The van der Waals surface area contributed by atoms with Crippen LogP contribution in [0, 0.1) is 0 Å². The Morgan fingerprint density at radius 1 is 0.310 bits per heavy atom. The van der Waals surface area contributed by atoms with E-state index in [0.29, 0.717) is 19.4 Å². The zero-order valence-electron chi connectivity index (χ0n) is 59.3. The molecule has 0 aromatic carbocycles. The number of nitrogens with one attached hydrogen (secondary N) is 1. The zero-order valence-corrected chi connectivity index (χ0v) is 59.3. The summed E-state index contributed by atoms with van der Waals surface area (Å²) in [7, 11) is 0. The number of amides is 1. The average molecular weight is 1230 g/mol. The van der Waals surface area contributed by atoms with E-state index in [0.717, 1.165) is 44.9 Å². The number of esters is 1. The van der Waals surface area contributed by atoms with Gasteiger partial charge in [-0.15, -0.1) is 0 Å². The molecule has 0 aliphatic rings. The second-order valence-electron chi connectivity index (χ2n) is 27.8.